The van der Waals surface area contributed by atoms with Crippen LogP contribution in [0.3, 0.4) is 0 Å². The minimum Gasteiger partial charge on any atom is -0.456 e. The van der Waals surface area contributed by atoms with E-state index in [-0.39, 0.29) is 41.1 Å². The van der Waals surface area contributed by atoms with Crippen LogP contribution in [0.25, 0.3) is 0 Å². The maximum Gasteiger partial charge on any atom is 0.413 e. The van der Waals surface area contributed by atoms with Crippen LogP contribution in [0, 0.1) is 16.7 Å². The Morgan fingerprint density at radius 2 is 1.60 bits per heavy atom. The highest BCUT2D eigenvalue weighted by Crippen LogP contribution is 2.64. The minimum atomic E-state index is -2.38. The number of carbonyl (C=O) groups excluding carboxylic acids is 6. The Morgan fingerprint density at radius 1 is 0.930 bits per heavy atom. The molecule has 0 unspecified atom stereocenters. The molecule has 16 heteroatoms. The Labute approximate surface area is 327 Å². The van der Waals surface area contributed by atoms with E-state index < -0.39 is 113 Å². The van der Waals surface area contributed by atoms with Gasteiger partial charge in [-0.1, -0.05) is 50.2 Å². The van der Waals surface area contributed by atoms with Gasteiger partial charge in [-0.05, 0) is 43.2 Å². The van der Waals surface area contributed by atoms with Crippen molar-refractivity contribution in [2.24, 2.45) is 16.7 Å². The van der Waals surface area contributed by atoms with Crippen molar-refractivity contribution in [3.63, 3.8) is 0 Å². The number of fused-ring (bicyclic) bond motifs is 6. The number of aliphatic hydroxyl groups excluding tert-OH is 2. The van der Waals surface area contributed by atoms with Gasteiger partial charge in [-0.15, -0.1) is 0 Å². The van der Waals surface area contributed by atoms with E-state index in [1.165, 1.54) is 32.0 Å². The largest absolute Gasteiger partial charge is 0.456 e. The minimum absolute atomic E-state index is 0.00499. The number of nitrogens with one attached hydrogen (secondary N) is 1. The number of hydrogen-bond acceptors (Lipinski definition) is 15. The molecule has 0 aromatic heterocycles. The molecule has 1 amide bonds. The number of benzene rings is 2. The maximum atomic E-state index is 15.4. The van der Waals surface area contributed by atoms with Crippen molar-refractivity contribution in [1.29, 1.82) is 0 Å². The van der Waals surface area contributed by atoms with Gasteiger partial charge >= 0.3 is 30.0 Å². The predicted molar refractivity (Wildman–Crippen MR) is 193 cm³/mol. The molecule has 11 atom stereocenters. The van der Waals surface area contributed by atoms with Crippen LogP contribution in [0.1, 0.15) is 76.3 Å². The van der Waals surface area contributed by atoms with Crippen molar-refractivity contribution >= 4 is 35.8 Å². The molecule has 0 spiro atoms. The lowest BCUT2D eigenvalue weighted by Gasteiger charge is -2.67. The van der Waals surface area contributed by atoms with E-state index in [9.17, 15) is 39.3 Å². The van der Waals surface area contributed by atoms with E-state index in [0.717, 1.165) is 13.8 Å². The van der Waals surface area contributed by atoms with Crippen molar-refractivity contribution in [2.45, 2.75) is 108 Å². The highest BCUT2D eigenvalue weighted by Gasteiger charge is 2.78. The standard InChI is InChI=1S/C41H45NO15/c1-19-25(54-36(49)30(46)29-23-14-10-11-15-24(23)55-37(50)42-29)17-41(51)34(56-35(48)22-12-8-7-9-13-22)32-39(6,26(45)16-27-40(32,18-52-27)57-21(3)44)33(47)31(53-20(2)43)28(19)38(41,4)5/h7-15,25-27,29-32,34,45-46,51H,16-18H2,1-6H3,(H,42,50)/t25-,26-,27+,29-,30+,31+,32-,34-,39+,40-,41+/m0/s1. The summed E-state index contributed by atoms with van der Waals surface area (Å²) in [5.41, 5.74) is -7.32. The molecule has 5 aliphatic rings. The van der Waals surface area contributed by atoms with Gasteiger partial charge in [0, 0.05) is 37.7 Å². The van der Waals surface area contributed by atoms with E-state index in [0.29, 0.717) is 0 Å². The van der Waals surface area contributed by atoms with Gasteiger partial charge in [0.1, 0.15) is 29.7 Å². The fraction of sp³-hybridized carbons (Fsp3) is 0.512. The van der Waals surface area contributed by atoms with Crippen molar-refractivity contribution in [1.82, 2.24) is 5.32 Å². The summed E-state index contributed by atoms with van der Waals surface area (Å²) in [6.07, 6.45) is -11.4. The van der Waals surface area contributed by atoms with Crippen molar-refractivity contribution in [3.8, 4) is 5.75 Å². The second-order valence-electron chi connectivity index (χ2n) is 16.2. The first-order valence-electron chi connectivity index (χ1n) is 18.6. The SMILES string of the molecule is CC(=O)O[C@H]1C(=O)[C@@]2(C)[C@H]([C@H](OC(=O)c3ccccc3)[C@]3(O)C[C@H](OC(=O)[C@H](O)[C@H]4NC(=O)Oc5ccccc54)C(C)=C1C3(C)C)[C@]1(OC(C)=O)CO[C@@H]1C[C@@H]2O. The number of rotatable bonds is 7. The molecule has 1 saturated heterocycles. The summed E-state index contributed by atoms with van der Waals surface area (Å²) in [6.45, 7) is 7.92. The third-order valence-electron chi connectivity index (χ3n) is 12.7. The molecule has 2 heterocycles. The third kappa shape index (κ3) is 6.11. The number of para-hydroxylation sites is 1. The molecule has 304 valence electrons. The lowest BCUT2D eigenvalue weighted by molar-refractivity contribution is -0.346. The lowest BCUT2D eigenvalue weighted by atomic mass is 9.44. The number of esters is 4. The molecule has 4 N–H and O–H groups in total. The quantitative estimate of drug-likeness (QED) is 0.179. The van der Waals surface area contributed by atoms with Crippen LogP contribution in [0.2, 0.25) is 0 Å². The van der Waals surface area contributed by atoms with Crippen LogP contribution in [0.4, 0.5) is 4.79 Å². The fourth-order valence-corrected chi connectivity index (χ4v) is 9.78. The Kier molecular flexibility index (Phi) is 9.87. The Balaban J connectivity index is 1.42. The van der Waals surface area contributed by atoms with Gasteiger partial charge in [-0.25, -0.2) is 14.4 Å². The van der Waals surface area contributed by atoms with Crippen LogP contribution < -0.4 is 10.1 Å². The molecule has 2 aromatic rings. The second kappa shape index (κ2) is 14.0. The molecule has 0 radical (unpaired) electrons. The summed E-state index contributed by atoms with van der Waals surface area (Å²) in [7, 11) is 0. The van der Waals surface area contributed by atoms with Crippen LogP contribution in [-0.4, -0.2) is 106 Å². The van der Waals surface area contributed by atoms with E-state index >= 15 is 4.79 Å². The molecule has 3 aliphatic carbocycles. The predicted octanol–water partition coefficient (Wildman–Crippen LogP) is 2.41. The van der Waals surface area contributed by atoms with Crippen LogP contribution in [0.15, 0.2) is 65.7 Å². The molecular weight excluding hydrogens is 746 g/mol. The summed E-state index contributed by atoms with van der Waals surface area (Å²) < 4.78 is 35.2. The Bertz CT molecular complexity index is 2060. The van der Waals surface area contributed by atoms with Gasteiger partial charge in [0.2, 0.25) is 0 Å². The molecule has 7 rings (SSSR count). The second-order valence-corrected chi connectivity index (χ2v) is 16.2. The van der Waals surface area contributed by atoms with Gasteiger partial charge in [-0.3, -0.25) is 14.4 Å². The van der Waals surface area contributed by atoms with Crippen LogP contribution in [0.5, 0.6) is 5.75 Å². The molecule has 3 fully saturated rings. The van der Waals surface area contributed by atoms with E-state index in [1.54, 1.807) is 50.2 Å². The van der Waals surface area contributed by atoms with Crippen molar-refractivity contribution in [3.05, 3.63) is 76.9 Å². The van der Waals surface area contributed by atoms with Gasteiger partial charge in [-0.2, -0.15) is 0 Å². The van der Waals surface area contributed by atoms with Crippen molar-refractivity contribution < 1.29 is 72.5 Å². The molecule has 16 nitrogen and oxygen atoms in total. The molecule has 57 heavy (non-hydrogen) atoms. The molecule has 2 aliphatic heterocycles. The van der Waals surface area contributed by atoms with E-state index in [4.69, 9.17) is 28.4 Å². The summed E-state index contributed by atoms with van der Waals surface area (Å²) in [5.74, 6) is -6.15. The van der Waals surface area contributed by atoms with Gasteiger partial charge < -0.3 is 49.1 Å². The lowest BCUT2D eigenvalue weighted by Crippen LogP contribution is -2.82. The first-order chi connectivity index (χ1) is 26.8. The highest BCUT2D eigenvalue weighted by atomic mass is 16.6. The summed E-state index contributed by atoms with van der Waals surface area (Å²) in [6, 6.07) is 12.8. The van der Waals surface area contributed by atoms with E-state index in [2.05, 4.69) is 5.32 Å². The highest BCUT2D eigenvalue weighted by molar-refractivity contribution is 5.95. The number of ether oxygens (including phenoxy) is 6. The molecule has 2 saturated carbocycles. The summed E-state index contributed by atoms with van der Waals surface area (Å²) in [5, 5.41) is 39.3. The zero-order chi connectivity index (χ0) is 41.4. The zero-order valence-corrected chi connectivity index (χ0v) is 32.2. The number of ketones is 1. The summed E-state index contributed by atoms with van der Waals surface area (Å²) in [4.78, 5) is 81.7. The average molecular weight is 792 g/mol. The topological polar surface area (TPSA) is 231 Å². The zero-order valence-electron chi connectivity index (χ0n) is 32.2. The summed E-state index contributed by atoms with van der Waals surface area (Å²) >= 11 is 0. The van der Waals surface area contributed by atoms with Gasteiger partial charge in [0.15, 0.2) is 23.6 Å². The number of Topliss-reactive ketones (excluding diaryl/α,β-unsaturated/α-hetero) is 1. The molecule has 2 bridgehead atoms. The molecular formula is C41H45NO15. The normalized spacial score (nSPS) is 35.5. The Hall–Kier alpha value is -5.16. The number of aliphatic hydroxyl groups is 3. The number of hydrogen-bond donors (Lipinski definition) is 4. The third-order valence-corrected chi connectivity index (χ3v) is 12.7. The maximum absolute atomic E-state index is 15.4. The Morgan fingerprint density at radius 3 is 2.23 bits per heavy atom. The van der Waals surface area contributed by atoms with Gasteiger partial charge in [0.05, 0.1) is 35.6 Å². The average Bonchev–Trinajstić information content (AvgIpc) is 3.15. The molecule has 2 aromatic carbocycles. The first kappa shape index (κ1) is 40.1. The van der Waals surface area contributed by atoms with Crippen molar-refractivity contribution in [2.75, 3.05) is 6.61 Å². The fourth-order valence-electron chi connectivity index (χ4n) is 9.78. The van der Waals surface area contributed by atoms with E-state index in [1.807, 2.05) is 0 Å². The van der Waals surface area contributed by atoms with Crippen LogP contribution in [-0.2, 0) is 42.9 Å². The number of amides is 1. The van der Waals surface area contributed by atoms with Crippen LogP contribution >= 0.6 is 0 Å². The monoisotopic (exact) mass is 791 g/mol. The van der Waals surface area contributed by atoms with Gasteiger partial charge in [0.25, 0.3) is 0 Å². The smallest absolute Gasteiger partial charge is 0.413 e. The first-order valence-corrected chi connectivity index (χ1v) is 18.6. The number of carbonyl (C=O) groups is 6.